The van der Waals surface area contributed by atoms with Crippen molar-refractivity contribution in [1.29, 1.82) is 0 Å². The van der Waals surface area contributed by atoms with Gasteiger partial charge in [-0.05, 0) is 49.2 Å². The highest BCUT2D eigenvalue weighted by atomic mass is 32.2. The van der Waals surface area contributed by atoms with E-state index in [1.165, 1.54) is 4.41 Å². The molecule has 154 valence electrons. The Morgan fingerprint density at radius 1 is 0.933 bits per heavy atom. The first-order chi connectivity index (χ1) is 14.4. The van der Waals surface area contributed by atoms with E-state index < -0.39 is 16.1 Å². The zero-order chi connectivity index (χ0) is 21.3. The fourth-order valence-electron chi connectivity index (χ4n) is 3.55. The van der Waals surface area contributed by atoms with Gasteiger partial charge in [-0.15, -0.1) is 0 Å². The summed E-state index contributed by atoms with van der Waals surface area (Å²) in [6.07, 6.45) is 0.487. The first-order valence-corrected chi connectivity index (χ1v) is 11.2. The summed E-state index contributed by atoms with van der Waals surface area (Å²) in [7, 11) is -2.22. The number of benzene rings is 3. The first-order valence-electron chi connectivity index (χ1n) is 9.78. The van der Waals surface area contributed by atoms with Gasteiger partial charge in [0, 0.05) is 6.42 Å². The smallest absolute Gasteiger partial charge is 0.279 e. The van der Waals surface area contributed by atoms with Crippen LogP contribution in [0.25, 0.3) is 0 Å². The standard InChI is InChI=1S/C24H24N2O3S/c1-17-7-11-19(12-8-17)23-16-24(20-5-4-6-21(15-20)29-3)26(25-23)30(27,28)22-13-9-18(2)10-14-22/h4-15,24H,16H2,1-3H3/t24-/m0/s1. The second-order valence-corrected chi connectivity index (χ2v) is 9.30. The first kappa shape index (κ1) is 20.2. The van der Waals surface area contributed by atoms with Crippen LogP contribution >= 0.6 is 0 Å². The summed E-state index contributed by atoms with van der Waals surface area (Å²) in [5.74, 6) is 0.684. The third-order valence-corrected chi connectivity index (χ3v) is 7.00. The number of rotatable bonds is 5. The molecule has 3 aromatic rings. The minimum absolute atomic E-state index is 0.231. The molecule has 3 aromatic carbocycles. The SMILES string of the molecule is COc1cccc([C@@H]2CC(c3ccc(C)cc3)=NN2S(=O)(=O)c2ccc(C)cc2)c1. The van der Waals surface area contributed by atoms with Crippen molar-refractivity contribution in [3.05, 3.63) is 95.1 Å². The van der Waals surface area contributed by atoms with Crippen LogP contribution in [-0.4, -0.2) is 25.7 Å². The molecule has 0 N–H and O–H groups in total. The molecule has 0 spiro atoms. The van der Waals surface area contributed by atoms with Crippen molar-refractivity contribution in [2.45, 2.75) is 31.2 Å². The Kier molecular flexibility index (Phi) is 5.35. The molecule has 30 heavy (non-hydrogen) atoms. The third kappa shape index (κ3) is 3.83. The van der Waals surface area contributed by atoms with Gasteiger partial charge in [-0.3, -0.25) is 0 Å². The van der Waals surface area contributed by atoms with E-state index in [0.29, 0.717) is 12.2 Å². The lowest BCUT2D eigenvalue weighted by Crippen LogP contribution is -2.27. The van der Waals surface area contributed by atoms with Gasteiger partial charge in [0.2, 0.25) is 0 Å². The van der Waals surface area contributed by atoms with Crippen molar-refractivity contribution in [2.24, 2.45) is 5.10 Å². The predicted molar refractivity (Wildman–Crippen MR) is 118 cm³/mol. The highest BCUT2D eigenvalue weighted by Crippen LogP contribution is 2.38. The van der Waals surface area contributed by atoms with Crippen LogP contribution < -0.4 is 4.74 Å². The molecule has 0 saturated heterocycles. The topological polar surface area (TPSA) is 59.0 Å². The maximum atomic E-state index is 13.5. The molecule has 5 nitrogen and oxygen atoms in total. The fraction of sp³-hybridized carbons (Fsp3) is 0.208. The van der Waals surface area contributed by atoms with Gasteiger partial charge < -0.3 is 4.74 Å². The molecule has 6 heteroatoms. The molecular weight excluding hydrogens is 396 g/mol. The van der Waals surface area contributed by atoms with Crippen molar-refractivity contribution in [2.75, 3.05) is 7.11 Å². The van der Waals surface area contributed by atoms with Gasteiger partial charge in [-0.1, -0.05) is 59.7 Å². The van der Waals surface area contributed by atoms with E-state index >= 15 is 0 Å². The van der Waals surface area contributed by atoms with E-state index in [4.69, 9.17) is 4.74 Å². The molecule has 1 atom stereocenters. The largest absolute Gasteiger partial charge is 0.497 e. The average molecular weight is 421 g/mol. The van der Waals surface area contributed by atoms with Gasteiger partial charge in [0.1, 0.15) is 5.75 Å². The Bertz CT molecular complexity index is 1180. The lowest BCUT2D eigenvalue weighted by molar-refractivity contribution is 0.368. The van der Waals surface area contributed by atoms with Crippen molar-refractivity contribution in [3.63, 3.8) is 0 Å². The Labute approximate surface area is 177 Å². The molecule has 0 saturated carbocycles. The summed E-state index contributed by atoms with van der Waals surface area (Å²) in [6.45, 7) is 3.95. The maximum Gasteiger partial charge on any atom is 0.279 e. The molecule has 1 aliphatic rings. The average Bonchev–Trinajstić information content (AvgIpc) is 3.21. The van der Waals surface area contributed by atoms with Crippen molar-refractivity contribution in [1.82, 2.24) is 4.41 Å². The van der Waals surface area contributed by atoms with Crippen molar-refractivity contribution >= 4 is 15.7 Å². The predicted octanol–water partition coefficient (Wildman–Crippen LogP) is 4.85. The van der Waals surface area contributed by atoms with E-state index in [-0.39, 0.29) is 4.90 Å². The fourth-order valence-corrected chi connectivity index (χ4v) is 4.98. The van der Waals surface area contributed by atoms with E-state index in [1.807, 2.05) is 62.4 Å². The minimum atomic E-state index is -3.82. The number of methoxy groups -OCH3 is 1. The lowest BCUT2D eigenvalue weighted by atomic mass is 9.98. The van der Waals surface area contributed by atoms with Crippen LogP contribution in [0.4, 0.5) is 0 Å². The Morgan fingerprint density at radius 2 is 1.57 bits per heavy atom. The van der Waals surface area contributed by atoms with Gasteiger partial charge in [-0.25, -0.2) is 0 Å². The summed E-state index contributed by atoms with van der Waals surface area (Å²) in [5, 5.41) is 4.59. The summed E-state index contributed by atoms with van der Waals surface area (Å²) >= 11 is 0. The highest BCUT2D eigenvalue weighted by Gasteiger charge is 2.37. The molecular formula is C24H24N2O3S. The van der Waals surface area contributed by atoms with Crippen LogP contribution in [0.1, 0.15) is 34.7 Å². The van der Waals surface area contributed by atoms with E-state index in [1.54, 1.807) is 31.4 Å². The molecule has 0 aliphatic carbocycles. The second-order valence-electron chi connectivity index (χ2n) is 7.50. The monoisotopic (exact) mass is 420 g/mol. The van der Waals surface area contributed by atoms with Gasteiger partial charge in [0.05, 0.1) is 23.8 Å². The molecule has 1 heterocycles. The van der Waals surface area contributed by atoms with E-state index in [0.717, 1.165) is 28.0 Å². The quantitative estimate of drug-likeness (QED) is 0.593. The molecule has 4 rings (SSSR count). The minimum Gasteiger partial charge on any atom is -0.497 e. The Balaban J connectivity index is 1.80. The van der Waals surface area contributed by atoms with Crippen LogP contribution in [0, 0.1) is 13.8 Å². The van der Waals surface area contributed by atoms with Crippen molar-refractivity contribution in [3.8, 4) is 5.75 Å². The number of sulfonamides is 1. The molecule has 1 aliphatic heterocycles. The number of hydrogen-bond donors (Lipinski definition) is 0. The van der Waals surface area contributed by atoms with Crippen LogP contribution in [0.15, 0.2) is 82.8 Å². The van der Waals surface area contributed by atoms with Crippen molar-refractivity contribution < 1.29 is 13.2 Å². The number of ether oxygens (including phenoxy) is 1. The summed E-state index contributed by atoms with van der Waals surface area (Å²) in [5.41, 5.74) is 4.67. The van der Waals surface area contributed by atoms with Gasteiger partial charge in [0.15, 0.2) is 0 Å². The van der Waals surface area contributed by atoms with Crippen LogP contribution in [-0.2, 0) is 10.0 Å². The summed E-state index contributed by atoms with van der Waals surface area (Å²) in [6, 6.07) is 21.9. The molecule has 0 radical (unpaired) electrons. The van der Waals surface area contributed by atoms with Gasteiger partial charge >= 0.3 is 0 Å². The molecule has 0 aromatic heterocycles. The second kappa shape index (κ2) is 7.95. The number of hydrogen-bond acceptors (Lipinski definition) is 4. The Morgan fingerprint density at radius 3 is 2.20 bits per heavy atom. The van der Waals surface area contributed by atoms with Crippen LogP contribution in [0.2, 0.25) is 0 Å². The number of hydrazone groups is 1. The highest BCUT2D eigenvalue weighted by molar-refractivity contribution is 7.89. The van der Waals surface area contributed by atoms with Crippen LogP contribution in [0.5, 0.6) is 5.75 Å². The van der Waals surface area contributed by atoms with E-state index in [2.05, 4.69) is 5.10 Å². The summed E-state index contributed by atoms with van der Waals surface area (Å²) < 4.78 is 33.6. The zero-order valence-corrected chi connectivity index (χ0v) is 18.1. The Hall–Kier alpha value is -3.12. The van der Waals surface area contributed by atoms with E-state index in [9.17, 15) is 8.42 Å². The van der Waals surface area contributed by atoms with Crippen LogP contribution in [0.3, 0.4) is 0 Å². The normalized spacial score (nSPS) is 16.4. The molecule has 0 unspecified atom stereocenters. The zero-order valence-electron chi connectivity index (χ0n) is 17.2. The number of aryl methyl sites for hydroxylation is 2. The number of nitrogens with zero attached hydrogens (tertiary/aromatic N) is 2. The summed E-state index contributed by atoms with van der Waals surface area (Å²) in [4.78, 5) is 0.231. The third-order valence-electron chi connectivity index (χ3n) is 5.30. The van der Waals surface area contributed by atoms with Gasteiger partial charge in [-0.2, -0.15) is 17.9 Å². The molecule has 0 bridgehead atoms. The molecule has 0 fully saturated rings. The van der Waals surface area contributed by atoms with Gasteiger partial charge in [0.25, 0.3) is 10.0 Å². The lowest BCUT2D eigenvalue weighted by Gasteiger charge is -2.23. The maximum absolute atomic E-state index is 13.5. The molecule has 0 amide bonds.